The number of anilines is 1. The highest BCUT2D eigenvalue weighted by atomic mass is 16.6. The summed E-state index contributed by atoms with van der Waals surface area (Å²) in [4.78, 5) is 27.0. The molecule has 8 nitrogen and oxygen atoms in total. The molecule has 0 N–H and O–H groups in total. The molecule has 1 amide bonds. The fourth-order valence-corrected chi connectivity index (χ4v) is 4.52. The Balaban J connectivity index is 1.38. The van der Waals surface area contributed by atoms with Gasteiger partial charge in [-0.05, 0) is 47.7 Å². The Morgan fingerprint density at radius 1 is 1.03 bits per heavy atom. The molecule has 2 aliphatic rings. The van der Waals surface area contributed by atoms with Crippen molar-refractivity contribution in [3.8, 4) is 11.1 Å². The van der Waals surface area contributed by atoms with E-state index in [4.69, 9.17) is 9.36 Å². The van der Waals surface area contributed by atoms with Crippen molar-refractivity contribution in [2.24, 2.45) is 5.16 Å². The van der Waals surface area contributed by atoms with Gasteiger partial charge in [0.1, 0.15) is 13.2 Å². The molecule has 33 heavy (non-hydrogen) atoms. The van der Waals surface area contributed by atoms with E-state index in [0.717, 1.165) is 42.8 Å². The Labute approximate surface area is 192 Å². The van der Waals surface area contributed by atoms with Crippen LogP contribution in [-0.2, 0) is 4.84 Å². The zero-order chi connectivity index (χ0) is 22.6. The van der Waals surface area contributed by atoms with Gasteiger partial charge in [0.05, 0.1) is 12.3 Å². The van der Waals surface area contributed by atoms with Crippen LogP contribution in [0.5, 0.6) is 0 Å². The molecule has 3 heterocycles. The van der Waals surface area contributed by atoms with Crippen LogP contribution in [0.25, 0.3) is 11.1 Å². The first-order valence-corrected chi connectivity index (χ1v) is 11.4. The largest absolute Gasteiger partial charge is 0.399 e. The summed E-state index contributed by atoms with van der Waals surface area (Å²) in [6, 6.07) is 17.4. The van der Waals surface area contributed by atoms with Crippen molar-refractivity contribution < 1.29 is 14.2 Å². The lowest BCUT2D eigenvalue weighted by atomic mass is 10.0. The predicted octanol–water partition coefficient (Wildman–Crippen LogP) is 4.32. The highest BCUT2D eigenvalue weighted by Gasteiger charge is 2.38. The molecule has 0 aliphatic carbocycles. The molecule has 1 atom stereocenters. The third-order valence-corrected chi connectivity index (χ3v) is 6.23. The van der Waals surface area contributed by atoms with Crippen molar-refractivity contribution in [3.05, 3.63) is 66.1 Å². The van der Waals surface area contributed by atoms with Gasteiger partial charge in [-0.3, -0.25) is 4.79 Å². The number of hydrogen-bond donors (Lipinski definition) is 0. The summed E-state index contributed by atoms with van der Waals surface area (Å²) >= 11 is 0. The van der Waals surface area contributed by atoms with Gasteiger partial charge in [-0.25, -0.2) is 0 Å². The van der Waals surface area contributed by atoms with Gasteiger partial charge in [-0.1, -0.05) is 47.6 Å². The molecule has 2 fully saturated rings. The molecule has 0 spiro atoms. The molecule has 1 unspecified atom stereocenters. The van der Waals surface area contributed by atoms with E-state index >= 15 is 0 Å². The summed E-state index contributed by atoms with van der Waals surface area (Å²) in [5, 5.41) is 8.30. The number of oxime groups is 1. The van der Waals surface area contributed by atoms with Crippen molar-refractivity contribution in [2.45, 2.75) is 31.7 Å². The van der Waals surface area contributed by atoms with Gasteiger partial charge >= 0.3 is 0 Å². The first-order valence-electron chi connectivity index (χ1n) is 11.4. The monoisotopic (exact) mass is 445 g/mol. The van der Waals surface area contributed by atoms with Crippen LogP contribution in [0.4, 0.5) is 5.95 Å². The molecule has 1 aromatic heterocycles. The van der Waals surface area contributed by atoms with E-state index in [1.165, 1.54) is 13.5 Å². The summed E-state index contributed by atoms with van der Waals surface area (Å²) in [6.45, 7) is 2.21. The van der Waals surface area contributed by atoms with E-state index in [1.54, 1.807) is 4.90 Å². The zero-order valence-corrected chi connectivity index (χ0v) is 18.7. The van der Waals surface area contributed by atoms with Gasteiger partial charge < -0.3 is 19.2 Å². The Morgan fingerprint density at radius 3 is 2.48 bits per heavy atom. The average Bonchev–Trinajstić information content (AvgIpc) is 3.53. The maximum atomic E-state index is 13.5. The predicted molar refractivity (Wildman–Crippen MR) is 125 cm³/mol. The van der Waals surface area contributed by atoms with Gasteiger partial charge in [-0.2, -0.15) is 4.98 Å². The van der Waals surface area contributed by atoms with Crippen LogP contribution in [0.1, 0.15) is 48.0 Å². The average molecular weight is 446 g/mol. The molecular formula is C25H27N5O3. The second-order valence-electron chi connectivity index (χ2n) is 8.42. The second-order valence-corrected chi connectivity index (χ2v) is 8.42. The third kappa shape index (κ3) is 4.46. The van der Waals surface area contributed by atoms with Crippen molar-refractivity contribution in [1.29, 1.82) is 0 Å². The molecule has 3 aromatic rings. The number of nitrogens with zero attached hydrogens (tertiary/aromatic N) is 5. The Bertz CT molecular complexity index is 1120. The smallest absolute Gasteiger partial charge is 0.266 e. The standard InChI is InChI=1S/C25H27N5O3/c1-32-27-21-16-22(23-26-25(28-33-23)29-14-6-3-7-15-29)30(17-21)24(31)20-12-10-19(11-13-20)18-8-4-2-5-9-18/h2,4-5,8-13,22H,3,6-7,14-17H2,1H3. The number of rotatable bonds is 5. The summed E-state index contributed by atoms with van der Waals surface area (Å²) in [5.74, 6) is 0.936. The van der Waals surface area contributed by atoms with Crippen LogP contribution in [-0.4, -0.2) is 53.4 Å². The van der Waals surface area contributed by atoms with Crippen LogP contribution in [0.2, 0.25) is 0 Å². The number of aromatic nitrogens is 2. The van der Waals surface area contributed by atoms with Gasteiger partial charge in [0.2, 0.25) is 0 Å². The SMILES string of the molecule is CON=C1CC(c2nc(N3CCCCC3)no2)N(C(=O)c2ccc(-c3ccccc3)cc2)C1. The fourth-order valence-electron chi connectivity index (χ4n) is 4.52. The minimum Gasteiger partial charge on any atom is -0.399 e. The lowest BCUT2D eigenvalue weighted by Gasteiger charge is -2.24. The van der Waals surface area contributed by atoms with Crippen LogP contribution in [0.3, 0.4) is 0 Å². The number of likely N-dealkylation sites (tertiary alicyclic amines) is 1. The third-order valence-electron chi connectivity index (χ3n) is 6.23. The van der Waals surface area contributed by atoms with Crippen LogP contribution in [0, 0.1) is 0 Å². The van der Waals surface area contributed by atoms with E-state index in [2.05, 4.69) is 32.3 Å². The van der Waals surface area contributed by atoms with E-state index < -0.39 is 0 Å². The van der Waals surface area contributed by atoms with Crippen LogP contribution < -0.4 is 4.90 Å². The lowest BCUT2D eigenvalue weighted by Crippen LogP contribution is -2.32. The molecule has 2 saturated heterocycles. The van der Waals surface area contributed by atoms with Crippen molar-refractivity contribution >= 4 is 17.6 Å². The van der Waals surface area contributed by atoms with Crippen molar-refractivity contribution in [1.82, 2.24) is 15.0 Å². The molecule has 0 bridgehead atoms. The number of carbonyl (C=O) groups is 1. The quantitative estimate of drug-likeness (QED) is 0.544. The number of benzene rings is 2. The molecule has 0 saturated carbocycles. The van der Waals surface area contributed by atoms with Crippen LogP contribution in [0.15, 0.2) is 64.3 Å². The number of carbonyl (C=O) groups excluding carboxylic acids is 1. The Kier molecular flexibility index (Phi) is 6.06. The molecule has 5 rings (SSSR count). The Morgan fingerprint density at radius 2 is 1.76 bits per heavy atom. The maximum Gasteiger partial charge on any atom is 0.266 e. The highest BCUT2D eigenvalue weighted by Crippen LogP contribution is 2.33. The molecule has 2 aliphatic heterocycles. The van der Waals surface area contributed by atoms with E-state index in [0.29, 0.717) is 30.4 Å². The lowest BCUT2D eigenvalue weighted by molar-refractivity contribution is 0.0713. The van der Waals surface area contributed by atoms with E-state index in [9.17, 15) is 4.79 Å². The molecule has 2 aromatic carbocycles. The van der Waals surface area contributed by atoms with E-state index in [-0.39, 0.29) is 11.9 Å². The molecule has 170 valence electrons. The van der Waals surface area contributed by atoms with E-state index in [1.807, 2.05) is 42.5 Å². The fraction of sp³-hybridized carbons (Fsp3) is 0.360. The molecule has 8 heteroatoms. The van der Waals surface area contributed by atoms with Gasteiger partial charge in [0, 0.05) is 25.1 Å². The van der Waals surface area contributed by atoms with Crippen molar-refractivity contribution in [2.75, 3.05) is 31.6 Å². The molecule has 0 radical (unpaired) electrons. The number of hydrogen-bond acceptors (Lipinski definition) is 7. The number of amides is 1. The summed E-state index contributed by atoms with van der Waals surface area (Å²) < 4.78 is 5.63. The first kappa shape index (κ1) is 21.2. The van der Waals surface area contributed by atoms with Gasteiger partial charge in [-0.15, -0.1) is 0 Å². The molecular weight excluding hydrogens is 418 g/mol. The summed E-state index contributed by atoms with van der Waals surface area (Å²) in [5.41, 5.74) is 3.56. The normalized spacial score (nSPS) is 19.8. The van der Waals surface area contributed by atoms with Crippen molar-refractivity contribution in [3.63, 3.8) is 0 Å². The summed E-state index contributed by atoms with van der Waals surface area (Å²) in [7, 11) is 1.51. The highest BCUT2D eigenvalue weighted by molar-refractivity contribution is 6.00. The minimum atomic E-state index is -0.369. The first-order chi connectivity index (χ1) is 16.2. The van der Waals surface area contributed by atoms with Crippen LogP contribution >= 0.6 is 0 Å². The zero-order valence-electron chi connectivity index (χ0n) is 18.7. The number of piperidine rings is 1. The van der Waals surface area contributed by atoms with Gasteiger partial charge in [0.15, 0.2) is 0 Å². The topological polar surface area (TPSA) is 84.1 Å². The van der Waals surface area contributed by atoms with Gasteiger partial charge in [0.25, 0.3) is 17.7 Å². The summed E-state index contributed by atoms with van der Waals surface area (Å²) in [6.07, 6.45) is 3.98. The Hall–Kier alpha value is -3.68. The minimum absolute atomic E-state index is 0.0985. The second kappa shape index (κ2) is 9.44. The maximum absolute atomic E-state index is 13.5.